The van der Waals surface area contributed by atoms with Crippen molar-refractivity contribution in [1.29, 1.82) is 0 Å². The summed E-state index contributed by atoms with van der Waals surface area (Å²) < 4.78 is 23.1. The van der Waals surface area contributed by atoms with Crippen molar-refractivity contribution < 1.29 is 32.9 Å². The first kappa shape index (κ1) is 65.9. The van der Waals surface area contributed by atoms with Crippen molar-refractivity contribution in [3.63, 3.8) is 0 Å². The van der Waals surface area contributed by atoms with Crippen LogP contribution in [0.1, 0.15) is 155 Å². The van der Waals surface area contributed by atoms with Crippen LogP contribution in [0, 0.1) is 0 Å². The van der Waals surface area contributed by atoms with Crippen molar-refractivity contribution in [3.05, 3.63) is 170 Å². The van der Waals surface area contributed by atoms with Gasteiger partial charge in [0.05, 0.1) is 39.9 Å². The Morgan fingerprint density at radius 2 is 0.871 bits per heavy atom. The van der Waals surface area contributed by atoms with Crippen LogP contribution in [0.25, 0.3) is 0 Å². The monoisotopic (exact) mass is 985 g/mol. The number of carbonyl (C=O) groups is 1. The van der Waals surface area contributed by atoms with Crippen LogP contribution in [-0.2, 0) is 18.4 Å². The molecule has 0 aromatic carbocycles. The molecule has 0 aromatic rings. The van der Waals surface area contributed by atoms with E-state index < -0.39 is 26.6 Å². The zero-order valence-corrected chi connectivity index (χ0v) is 45.3. The second-order valence-corrected chi connectivity index (χ2v) is 19.5. The van der Waals surface area contributed by atoms with Gasteiger partial charge < -0.3 is 28.8 Å². The number of carbonyl (C=O) groups excluding carboxylic acids is 1. The topological polar surface area (TPSA) is 108 Å². The van der Waals surface area contributed by atoms with Crippen LogP contribution in [-0.4, -0.2) is 68.5 Å². The van der Waals surface area contributed by atoms with E-state index >= 15 is 0 Å². The number of quaternary nitrogens is 1. The van der Waals surface area contributed by atoms with Crippen molar-refractivity contribution in [2.24, 2.45) is 0 Å². The molecule has 0 radical (unpaired) electrons. The van der Waals surface area contributed by atoms with Gasteiger partial charge in [0.15, 0.2) is 0 Å². The number of likely N-dealkylation sites (N-methyl/N-ethyl adjacent to an activating group) is 1. The first-order valence-electron chi connectivity index (χ1n) is 26.5. The Morgan fingerprint density at radius 3 is 1.27 bits per heavy atom. The number of hydrogen-bond acceptors (Lipinski definition) is 6. The summed E-state index contributed by atoms with van der Waals surface area (Å²) >= 11 is 0. The van der Waals surface area contributed by atoms with Crippen LogP contribution in [0.5, 0.6) is 0 Å². The highest BCUT2D eigenvalue weighted by Crippen LogP contribution is 2.38. The SMILES string of the molecule is CC/C=C\C/C=C\C/C=C\C/C=C\C/C=C\C/C=C\C/C=C\C/C=C\C/C=C\C/C=C\C/C=C\C/C=C\CCCCC(=O)NC(COP(=O)([O-])OCC[N+](C)(C)C)C(O)/C=C/CC/C=C/CCCCC. The molecule has 0 fully saturated rings. The average Bonchev–Trinajstić information content (AvgIpc) is 3.32. The summed E-state index contributed by atoms with van der Waals surface area (Å²) in [5.74, 6) is -0.262. The second kappa shape index (κ2) is 49.8. The molecule has 3 unspecified atom stereocenters. The van der Waals surface area contributed by atoms with Crippen molar-refractivity contribution in [3.8, 4) is 0 Å². The summed E-state index contributed by atoms with van der Waals surface area (Å²) in [6.45, 7) is 4.37. The molecule has 0 bridgehead atoms. The van der Waals surface area contributed by atoms with E-state index in [4.69, 9.17) is 9.05 Å². The lowest BCUT2D eigenvalue weighted by atomic mass is 10.1. The van der Waals surface area contributed by atoms with E-state index in [1.54, 1.807) is 6.08 Å². The highest BCUT2D eigenvalue weighted by molar-refractivity contribution is 7.45. The predicted octanol–water partition coefficient (Wildman–Crippen LogP) is 15.4. The number of phosphoric acid groups is 1. The number of hydrogen-bond donors (Lipinski definition) is 2. The summed E-state index contributed by atoms with van der Waals surface area (Å²) in [7, 11) is 1.18. The summed E-state index contributed by atoms with van der Waals surface area (Å²) in [5, 5.41) is 13.7. The Balaban J connectivity index is 4.22. The molecule has 8 nitrogen and oxygen atoms in total. The molecule has 0 aromatic heterocycles. The highest BCUT2D eigenvalue weighted by atomic mass is 31.2. The molecule has 9 heteroatoms. The smallest absolute Gasteiger partial charge is 0.268 e. The normalized spacial score (nSPS) is 15.4. The molecule has 392 valence electrons. The van der Waals surface area contributed by atoms with E-state index in [1.807, 2.05) is 27.2 Å². The average molecular weight is 985 g/mol. The van der Waals surface area contributed by atoms with E-state index in [0.717, 1.165) is 109 Å². The molecule has 0 saturated heterocycles. The minimum atomic E-state index is -4.62. The number of phosphoric ester groups is 1. The van der Waals surface area contributed by atoms with Gasteiger partial charge in [0.25, 0.3) is 7.82 Å². The summed E-state index contributed by atoms with van der Waals surface area (Å²) in [6.07, 6.45) is 80.2. The standard InChI is InChI=1S/C61H97N2O6P/c1-6-8-10-12-14-16-17-18-19-20-21-22-23-24-25-26-27-28-29-30-31-32-33-34-35-36-37-38-39-40-41-42-43-44-45-47-49-51-53-55-61(65)62-59(58-69-70(66,67)68-57-56-63(3,4)5)60(64)54-52-50-48-46-15-13-11-9-7-2/h8,10,14-16,18-19,21-22,24-25,27-28,30-31,33-34,36-37,39-40,42-43,45-47,52,54,59-60,64H,6-7,9,11-13,17,20,23,26,29,32,35,38,41,44,48-51,53,55-58H2,1-5H3,(H-,62,65,66,67)/b10-8-,16-14-,19-18-,22-21-,25-24-,28-27-,31-30-,34-33-,37-36-,40-39-,43-42-,46-15+,47-45-,54-52+. The third-order valence-electron chi connectivity index (χ3n) is 10.4. The van der Waals surface area contributed by atoms with Crippen LogP contribution in [0.15, 0.2) is 170 Å². The summed E-state index contributed by atoms with van der Waals surface area (Å²) in [5.41, 5.74) is 0. The number of allylic oxidation sites excluding steroid dienone is 27. The van der Waals surface area contributed by atoms with E-state index in [2.05, 4.69) is 177 Å². The van der Waals surface area contributed by atoms with Gasteiger partial charge in [-0.1, -0.05) is 197 Å². The highest BCUT2D eigenvalue weighted by Gasteiger charge is 2.23. The fraction of sp³-hybridized carbons (Fsp3) is 0.525. The van der Waals surface area contributed by atoms with Crippen molar-refractivity contribution in [2.45, 2.75) is 167 Å². The van der Waals surface area contributed by atoms with Crippen LogP contribution >= 0.6 is 7.82 Å². The lowest BCUT2D eigenvalue weighted by molar-refractivity contribution is -0.870. The molecule has 0 aliphatic carbocycles. The van der Waals surface area contributed by atoms with Gasteiger partial charge in [0.2, 0.25) is 5.91 Å². The summed E-state index contributed by atoms with van der Waals surface area (Å²) in [4.78, 5) is 25.3. The van der Waals surface area contributed by atoms with Gasteiger partial charge >= 0.3 is 0 Å². The fourth-order valence-corrected chi connectivity index (χ4v) is 6.99. The number of aliphatic hydroxyl groups is 1. The third kappa shape index (κ3) is 51.7. The summed E-state index contributed by atoms with van der Waals surface area (Å²) in [6, 6.07) is -0.937. The molecule has 0 saturated carbocycles. The number of unbranched alkanes of at least 4 members (excludes halogenated alkanes) is 6. The van der Waals surface area contributed by atoms with Crippen molar-refractivity contribution >= 4 is 13.7 Å². The lowest BCUT2D eigenvalue weighted by Crippen LogP contribution is -2.45. The zero-order valence-electron chi connectivity index (χ0n) is 44.4. The number of nitrogens with one attached hydrogen (secondary N) is 1. The number of rotatable bonds is 45. The van der Waals surface area contributed by atoms with E-state index in [9.17, 15) is 19.4 Å². The Bertz CT molecular complexity index is 1730. The molecule has 3 atom stereocenters. The quantitative estimate of drug-likeness (QED) is 0.0272. The van der Waals surface area contributed by atoms with Gasteiger partial charge in [-0.2, -0.15) is 0 Å². The van der Waals surface area contributed by atoms with Gasteiger partial charge in [-0.15, -0.1) is 0 Å². The van der Waals surface area contributed by atoms with E-state index in [1.165, 1.54) is 19.3 Å². The van der Waals surface area contributed by atoms with Gasteiger partial charge in [0.1, 0.15) is 13.2 Å². The molecule has 0 rings (SSSR count). The molecule has 70 heavy (non-hydrogen) atoms. The molecule has 2 N–H and O–H groups in total. The zero-order chi connectivity index (χ0) is 51.3. The van der Waals surface area contributed by atoms with Crippen LogP contribution in [0.3, 0.4) is 0 Å². The predicted molar refractivity (Wildman–Crippen MR) is 301 cm³/mol. The van der Waals surface area contributed by atoms with Gasteiger partial charge in [-0.05, 0) is 122 Å². The Morgan fingerprint density at radius 1 is 0.514 bits per heavy atom. The van der Waals surface area contributed by atoms with Crippen LogP contribution in [0.2, 0.25) is 0 Å². The van der Waals surface area contributed by atoms with Gasteiger partial charge in [-0.25, -0.2) is 0 Å². The number of nitrogens with zero attached hydrogens (tertiary/aromatic N) is 1. The number of aliphatic hydroxyl groups excluding tert-OH is 1. The van der Waals surface area contributed by atoms with Crippen LogP contribution in [0.4, 0.5) is 0 Å². The van der Waals surface area contributed by atoms with Crippen molar-refractivity contribution in [1.82, 2.24) is 5.32 Å². The maximum Gasteiger partial charge on any atom is 0.268 e. The van der Waals surface area contributed by atoms with E-state index in [0.29, 0.717) is 17.4 Å². The molecule has 0 aliphatic rings. The molecule has 0 heterocycles. The largest absolute Gasteiger partial charge is 0.756 e. The maximum absolute atomic E-state index is 12.8. The fourth-order valence-electron chi connectivity index (χ4n) is 6.26. The van der Waals surface area contributed by atoms with E-state index in [-0.39, 0.29) is 18.9 Å². The Labute approximate surface area is 428 Å². The maximum atomic E-state index is 12.8. The minimum absolute atomic E-state index is 0.0252. The lowest BCUT2D eigenvalue weighted by Gasteiger charge is -2.29. The molecule has 1 amide bonds. The minimum Gasteiger partial charge on any atom is -0.756 e. The first-order chi connectivity index (χ1) is 34.0. The molecule has 0 aliphatic heterocycles. The molecular formula is C61H97N2O6P. The van der Waals surface area contributed by atoms with Gasteiger partial charge in [0, 0.05) is 6.42 Å². The van der Waals surface area contributed by atoms with Gasteiger partial charge in [-0.3, -0.25) is 9.36 Å². The van der Waals surface area contributed by atoms with Crippen molar-refractivity contribution in [2.75, 3.05) is 40.9 Å². The first-order valence-corrected chi connectivity index (χ1v) is 28.0. The second-order valence-electron chi connectivity index (χ2n) is 18.1. The molecule has 0 spiro atoms. The Hall–Kier alpha value is -4.14. The molecular weight excluding hydrogens is 888 g/mol. The Kier molecular flexibility index (Phi) is 46.9. The number of amides is 1. The third-order valence-corrected chi connectivity index (χ3v) is 11.4. The van der Waals surface area contributed by atoms with Crippen LogP contribution < -0.4 is 10.2 Å².